The predicted octanol–water partition coefficient (Wildman–Crippen LogP) is 1.34. The Morgan fingerprint density at radius 2 is 1.95 bits per heavy atom. The van der Waals surface area contributed by atoms with Gasteiger partial charge in [0.25, 0.3) is 0 Å². The van der Waals surface area contributed by atoms with Crippen molar-refractivity contribution in [1.29, 1.82) is 0 Å². The van der Waals surface area contributed by atoms with Crippen LogP contribution in [0, 0.1) is 11.6 Å². The molecule has 19 heavy (non-hydrogen) atoms. The lowest BCUT2D eigenvalue weighted by Crippen LogP contribution is -2.56. The molecule has 1 aliphatic heterocycles. The molecule has 7 heteroatoms. The van der Waals surface area contributed by atoms with E-state index < -0.39 is 21.7 Å². The van der Waals surface area contributed by atoms with Crippen LogP contribution >= 0.6 is 0 Å². The summed E-state index contributed by atoms with van der Waals surface area (Å²) < 4.78 is 52.2. The second-order valence-electron chi connectivity index (χ2n) is 4.81. The van der Waals surface area contributed by atoms with Crippen molar-refractivity contribution in [3.63, 3.8) is 0 Å². The van der Waals surface area contributed by atoms with Crippen molar-refractivity contribution in [1.82, 2.24) is 9.62 Å². The van der Waals surface area contributed by atoms with Gasteiger partial charge in [0.2, 0.25) is 10.0 Å². The molecule has 2 rings (SSSR count). The molecule has 1 aromatic carbocycles. The lowest BCUT2D eigenvalue weighted by Gasteiger charge is -2.36. The van der Waals surface area contributed by atoms with Crippen molar-refractivity contribution in [2.24, 2.45) is 0 Å². The van der Waals surface area contributed by atoms with Crippen LogP contribution in [0.5, 0.6) is 0 Å². The van der Waals surface area contributed by atoms with Crippen LogP contribution in [0.25, 0.3) is 0 Å². The first-order chi connectivity index (χ1) is 8.82. The molecule has 0 aliphatic carbocycles. The zero-order chi connectivity index (χ0) is 14.2. The van der Waals surface area contributed by atoms with Crippen molar-refractivity contribution in [2.75, 3.05) is 13.1 Å². The Labute approximate surface area is 111 Å². The number of hydrogen-bond acceptors (Lipinski definition) is 3. The second-order valence-corrected chi connectivity index (χ2v) is 6.70. The number of nitrogens with one attached hydrogen (secondary N) is 1. The summed E-state index contributed by atoms with van der Waals surface area (Å²) in [7, 11) is -3.80. The van der Waals surface area contributed by atoms with E-state index in [1.807, 2.05) is 6.92 Å². The molecule has 4 nitrogen and oxygen atoms in total. The van der Waals surface area contributed by atoms with Gasteiger partial charge in [0, 0.05) is 25.2 Å². The van der Waals surface area contributed by atoms with Gasteiger partial charge >= 0.3 is 0 Å². The molecule has 1 aliphatic rings. The molecule has 0 spiro atoms. The van der Waals surface area contributed by atoms with Gasteiger partial charge in [0.05, 0.1) is 4.90 Å². The zero-order valence-corrected chi connectivity index (χ0v) is 11.5. The summed E-state index contributed by atoms with van der Waals surface area (Å²) in [4.78, 5) is -0.215. The van der Waals surface area contributed by atoms with Crippen LogP contribution < -0.4 is 5.32 Å². The normalized spacial score (nSPS) is 25.5. The third-order valence-corrected chi connectivity index (χ3v) is 5.18. The Morgan fingerprint density at radius 3 is 2.58 bits per heavy atom. The maximum Gasteiger partial charge on any atom is 0.243 e. The smallest absolute Gasteiger partial charge is 0.243 e. The van der Waals surface area contributed by atoms with Gasteiger partial charge in [-0.1, -0.05) is 0 Å². The van der Waals surface area contributed by atoms with E-state index in [-0.39, 0.29) is 17.0 Å². The van der Waals surface area contributed by atoms with Gasteiger partial charge in [-0.05, 0) is 32.0 Å². The van der Waals surface area contributed by atoms with E-state index in [1.165, 1.54) is 4.31 Å². The third-order valence-electron chi connectivity index (χ3n) is 3.20. The highest BCUT2D eigenvalue weighted by atomic mass is 32.2. The molecule has 1 N–H and O–H groups in total. The van der Waals surface area contributed by atoms with E-state index in [0.29, 0.717) is 13.1 Å². The summed E-state index contributed by atoms with van der Waals surface area (Å²) in [6.07, 6.45) is 0. The average Bonchev–Trinajstić information content (AvgIpc) is 2.35. The number of nitrogens with zero attached hydrogens (tertiary/aromatic N) is 1. The minimum atomic E-state index is -3.80. The van der Waals surface area contributed by atoms with E-state index >= 15 is 0 Å². The van der Waals surface area contributed by atoms with Gasteiger partial charge < -0.3 is 5.32 Å². The van der Waals surface area contributed by atoms with E-state index in [2.05, 4.69) is 5.32 Å². The summed E-state index contributed by atoms with van der Waals surface area (Å²) >= 11 is 0. The van der Waals surface area contributed by atoms with Gasteiger partial charge in [-0.15, -0.1) is 0 Å². The molecule has 106 valence electrons. The maximum atomic E-state index is 13.2. The minimum Gasteiger partial charge on any atom is -0.311 e. The Bertz CT molecular complexity index is 577. The summed E-state index contributed by atoms with van der Waals surface area (Å²) in [6, 6.07) is 2.45. The van der Waals surface area contributed by atoms with Gasteiger partial charge in [0.1, 0.15) is 0 Å². The molecule has 0 bridgehead atoms. The number of benzene rings is 1. The van der Waals surface area contributed by atoms with Crippen LogP contribution in [0.1, 0.15) is 13.8 Å². The summed E-state index contributed by atoms with van der Waals surface area (Å²) in [5.41, 5.74) is 0. The molecule has 0 aromatic heterocycles. The van der Waals surface area contributed by atoms with Crippen molar-refractivity contribution in [3.8, 4) is 0 Å². The fourth-order valence-electron chi connectivity index (χ4n) is 2.10. The average molecular weight is 290 g/mol. The van der Waals surface area contributed by atoms with Crippen molar-refractivity contribution in [3.05, 3.63) is 29.8 Å². The molecule has 2 atom stereocenters. The highest BCUT2D eigenvalue weighted by molar-refractivity contribution is 7.89. The van der Waals surface area contributed by atoms with Crippen LogP contribution in [-0.2, 0) is 10.0 Å². The number of hydrogen-bond donors (Lipinski definition) is 1. The van der Waals surface area contributed by atoms with Crippen LogP contribution in [0.15, 0.2) is 23.1 Å². The summed E-state index contributed by atoms with van der Waals surface area (Å²) in [5, 5.41) is 3.17. The van der Waals surface area contributed by atoms with Crippen LogP contribution in [0.4, 0.5) is 8.78 Å². The molecule has 1 fully saturated rings. The van der Waals surface area contributed by atoms with Crippen molar-refractivity contribution in [2.45, 2.75) is 30.8 Å². The fourth-order valence-corrected chi connectivity index (χ4v) is 3.83. The first-order valence-corrected chi connectivity index (χ1v) is 7.46. The standard InChI is InChI=1S/C12H16F2N2O2S/c1-8-7-16(9(2)6-15-8)19(17,18)10-3-4-11(13)12(14)5-10/h3-5,8-9,15H,6-7H2,1-2H3. The fraction of sp³-hybridized carbons (Fsp3) is 0.500. The monoisotopic (exact) mass is 290 g/mol. The van der Waals surface area contributed by atoms with Crippen LogP contribution in [0.3, 0.4) is 0 Å². The molecular formula is C12H16F2N2O2S. The van der Waals surface area contributed by atoms with E-state index in [4.69, 9.17) is 0 Å². The first kappa shape index (κ1) is 14.4. The molecule has 1 aromatic rings. The second kappa shape index (κ2) is 5.15. The van der Waals surface area contributed by atoms with Crippen LogP contribution in [0.2, 0.25) is 0 Å². The molecule has 2 unspecified atom stereocenters. The minimum absolute atomic E-state index is 0.0243. The van der Waals surface area contributed by atoms with E-state index in [0.717, 1.165) is 18.2 Å². The lowest BCUT2D eigenvalue weighted by molar-refractivity contribution is 0.244. The van der Waals surface area contributed by atoms with Crippen LogP contribution in [-0.4, -0.2) is 37.9 Å². The largest absolute Gasteiger partial charge is 0.311 e. The molecule has 0 amide bonds. The number of piperazine rings is 1. The van der Waals surface area contributed by atoms with Gasteiger partial charge in [-0.25, -0.2) is 17.2 Å². The lowest BCUT2D eigenvalue weighted by atomic mass is 10.2. The molecular weight excluding hydrogens is 274 g/mol. The highest BCUT2D eigenvalue weighted by Crippen LogP contribution is 2.22. The highest BCUT2D eigenvalue weighted by Gasteiger charge is 2.33. The van der Waals surface area contributed by atoms with E-state index in [9.17, 15) is 17.2 Å². The topological polar surface area (TPSA) is 49.4 Å². The van der Waals surface area contributed by atoms with Gasteiger partial charge in [-0.2, -0.15) is 4.31 Å². The Kier molecular flexibility index (Phi) is 3.89. The van der Waals surface area contributed by atoms with Crippen molar-refractivity contribution < 1.29 is 17.2 Å². The molecule has 0 radical (unpaired) electrons. The number of rotatable bonds is 2. The molecule has 1 saturated heterocycles. The zero-order valence-electron chi connectivity index (χ0n) is 10.7. The SMILES string of the molecule is CC1CN(S(=O)(=O)c2ccc(F)c(F)c2)C(C)CN1. The molecule has 0 saturated carbocycles. The van der Waals surface area contributed by atoms with Crippen molar-refractivity contribution >= 4 is 10.0 Å². The van der Waals surface area contributed by atoms with Gasteiger partial charge in [-0.3, -0.25) is 0 Å². The summed E-state index contributed by atoms with van der Waals surface area (Å²) in [5.74, 6) is -2.21. The maximum absolute atomic E-state index is 13.2. The Hall–Kier alpha value is -1.05. The number of halogens is 2. The number of sulfonamides is 1. The quantitative estimate of drug-likeness (QED) is 0.894. The third kappa shape index (κ3) is 2.77. The molecule has 1 heterocycles. The first-order valence-electron chi connectivity index (χ1n) is 6.02. The van der Waals surface area contributed by atoms with Gasteiger partial charge in [0.15, 0.2) is 11.6 Å². The summed E-state index contributed by atoms with van der Waals surface area (Å²) in [6.45, 7) is 4.49. The van der Waals surface area contributed by atoms with E-state index in [1.54, 1.807) is 6.92 Å². The Morgan fingerprint density at radius 1 is 1.26 bits per heavy atom. The Balaban J connectivity index is 2.38. The predicted molar refractivity (Wildman–Crippen MR) is 67.2 cm³/mol.